The van der Waals surface area contributed by atoms with Crippen molar-refractivity contribution < 1.29 is 19.1 Å². The van der Waals surface area contributed by atoms with Crippen LogP contribution in [0.3, 0.4) is 0 Å². The lowest BCUT2D eigenvalue weighted by Gasteiger charge is -2.06. The molecule has 0 N–H and O–H groups in total. The molecule has 0 fully saturated rings. The van der Waals surface area contributed by atoms with Gasteiger partial charge in [-0.2, -0.15) is 0 Å². The minimum Gasteiger partial charge on any atom is -0.465 e. The van der Waals surface area contributed by atoms with E-state index in [2.05, 4.69) is 19.9 Å². The zero-order valence-electron chi connectivity index (χ0n) is 20.0. The molecule has 174 valence electrons. The first-order valence-electron chi connectivity index (χ1n) is 10.6. The monoisotopic (exact) mass is 458 g/mol. The molecule has 8 nitrogen and oxygen atoms in total. The number of rotatable bonds is 2. The number of fused-ring (bicyclic) bond motifs is 2. The number of hydrogen-bond donors (Lipinski definition) is 0. The first kappa shape index (κ1) is 24.4. The van der Waals surface area contributed by atoms with Crippen molar-refractivity contribution in [1.82, 2.24) is 19.9 Å². The summed E-state index contributed by atoms with van der Waals surface area (Å²) in [5.74, 6) is -1.10. The highest BCUT2D eigenvalue weighted by atomic mass is 16.5. The number of ether oxygens (including phenoxy) is 2. The number of methoxy groups -OCH3 is 2. The lowest BCUT2D eigenvalue weighted by Crippen LogP contribution is -2.08. The van der Waals surface area contributed by atoms with Crippen LogP contribution < -0.4 is 0 Å². The van der Waals surface area contributed by atoms with Gasteiger partial charge in [-0.25, -0.2) is 9.59 Å². The maximum atomic E-state index is 12.7. The van der Waals surface area contributed by atoms with Crippen LogP contribution in [0.15, 0.2) is 48.5 Å². The van der Waals surface area contributed by atoms with Crippen molar-refractivity contribution in [3.05, 3.63) is 82.4 Å². The van der Waals surface area contributed by atoms with E-state index in [0.29, 0.717) is 44.8 Å². The number of esters is 2. The number of aryl methyl sites for hydroxylation is 4. The Morgan fingerprint density at radius 2 is 0.765 bits per heavy atom. The van der Waals surface area contributed by atoms with Gasteiger partial charge in [-0.05, 0) is 52.0 Å². The molecule has 0 saturated carbocycles. The summed E-state index contributed by atoms with van der Waals surface area (Å²) in [6.07, 6.45) is 0. The number of benzene rings is 2. The van der Waals surface area contributed by atoms with Gasteiger partial charge in [-0.1, -0.05) is 24.3 Å². The summed E-state index contributed by atoms with van der Waals surface area (Å²) in [6.45, 7) is 6.85. The van der Waals surface area contributed by atoms with Crippen LogP contribution in [0.1, 0.15) is 43.5 Å². The molecule has 0 saturated heterocycles. The maximum Gasteiger partial charge on any atom is 0.341 e. The molecule has 0 atom stereocenters. The third kappa shape index (κ3) is 5.23. The fourth-order valence-electron chi connectivity index (χ4n) is 3.57. The van der Waals surface area contributed by atoms with Gasteiger partial charge in [-0.15, -0.1) is 0 Å². The number of carbonyl (C=O) groups is 2. The topological polar surface area (TPSA) is 104 Å². The quantitative estimate of drug-likeness (QED) is 0.512. The maximum absolute atomic E-state index is 12.7. The molecule has 1 heterocycles. The molecule has 0 unspecified atom stereocenters. The molecule has 3 rings (SSSR count). The molecule has 1 aromatic heterocycles. The van der Waals surface area contributed by atoms with Crippen molar-refractivity contribution in [1.29, 1.82) is 0 Å². The Morgan fingerprint density at radius 3 is 0.971 bits per heavy atom. The van der Waals surface area contributed by atoms with Gasteiger partial charge >= 0.3 is 11.9 Å². The van der Waals surface area contributed by atoms with Crippen molar-refractivity contribution in [2.45, 2.75) is 27.7 Å². The van der Waals surface area contributed by atoms with Crippen LogP contribution in [0.2, 0.25) is 0 Å². The normalized spacial score (nSPS) is 10.3. The van der Waals surface area contributed by atoms with E-state index in [-0.39, 0.29) is 11.1 Å². The molecule has 0 radical (unpaired) electrons. The Balaban J connectivity index is 2.69. The van der Waals surface area contributed by atoms with Crippen molar-refractivity contribution in [2.24, 2.45) is 0 Å². The molecular formula is C26H26N4O4. The minimum absolute atomic E-state index is 0.243. The summed E-state index contributed by atoms with van der Waals surface area (Å²) in [7, 11) is 2.63. The standard InChI is InChI=1S/C26H26N4O4/c1-15-23(25(31)33-5)16(2)28-21-13-9-10-14-22(21)30-18(4)24(26(32)34-6)17(3)29-20-12-8-7-11-19(20)27-15/h7-14H,1-6H3. The fourth-order valence-corrected chi connectivity index (χ4v) is 3.57. The van der Waals surface area contributed by atoms with Crippen LogP contribution in [0.5, 0.6) is 0 Å². The molecule has 0 spiro atoms. The van der Waals surface area contributed by atoms with E-state index in [1.807, 2.05) is 24.3 Å². The molecule has 0 amide bonds. The molecule has 2 aromatic carbocycles. The van der Waals surface area contributed by atoms with E-state index in [0.717, 1.165) is 0 Å². The Bertz CT molecular complexity index is 1220. The number of carbonyl (C=O) groups excluding carboxylic acids is 2. The van der Waals surface area contributed by atoms with Gasteiger partial charge in [0.25, 0.3) is 0 Å². The van der Waals surface area contributed by atoms with E-state index in [1.165, 1.54) is 14.2 Å². The zero-order chi connectivity index (χ0) is 24.8. The number of hydrogen-bond acceptors (Lipinski definition) is 8. The molecular weight excluding hydrogens is 432 g/mol. The summed E-state index contributed by atoms with van der Waals surface area (Å²) < 4.78 is 10.0. The second kappa shape index (κ2) is 10.6. The fraction of sp³-hybridized carbons (Fsp3) is 0.231. The van der Waals surface area contributed by atoms with Crippen LogP contribution in [0.4, 0.5) is 0 Å². The van der Waals surface area contributed by atoms with Crippen molar-refractivity contribution in [3.8, 4) is 0 Å². The van der Waals surface area contributed by atoms with E-state index in [1.54, 1.807) is 52.0 Å². The van der Waals surface area contributed by atoms with E-state index in [4.69, 9.17) is 9.47 Å². The van der Waals surface area contributed by atoms with Crippen molar-refractivity contribution in [2.75, 3.05) is 14.2 Å². The van der Waals surface area contributed by atoms with Crippen LogP contribution >= 0.6 is 0 Å². The van der Waals surface area contributed by atoms with E-state index >= 15 is 0 Å². The highest BCUT2D eigenvalue weighted by Gasteiger charge is 2.15. The zero-order valence-corrected chi connectivity index (χ0v) is 20.0. The Kier molecular flexibility index (Phi) is 7.63. The molecule has 0 aliphatic carbocycles. The second-order valence-electron chi connectivity index (χ2n) is 7.50. The average molecular weight is 459 g/mol. The van der Waals surface area contributed by atoms with Gasteiger partial charge in [0, 0.05) is 0 Å². The summed E-state index contributed by atoms with van der Waals surface area (Å²) in [5.41, 5.74) is 4.23. The van der Waals surface area contributed by atoms with E-state index < -0.39 is 11.9 Å². The first-order chi connectivity index (χ1) is 16.3. The van der Waals surface area contributed by atoms with Crippen molar-refractivity contribution >= 4 is 34.0 Å². The summed E-state index contributed by atoms with van der Waals surface area (Å²) in [4.78, 5) is 44.0. The SMILES string of the molecule is COC(=O)c1c(C)nc2ccccc2nc(C)c(C(=O)OC)c(C)nc2ccccc2nc1C. The van der Waals surface area contributed by atoms with E-state index in [9.17, 15) is 9.59 Å². The molecule has 8 heteroatoms. The van der Waals surface area contributed by atoms with Crippen molar-refractivity contribution in [3.63, 3.8) is 0 Å². The van der Waals surface area contributed by atoms with Gasteiger partial charge in [0.1, 0.15) is 11.1 Å². The van der Waals surface area contributed by atoms with Crippen LogP contribution in [0.25, 0.3) is 22.1 Å². The van der Waals surface area contributed by atoms with Gasteiger partial charge in [0.05, 0.1) is 59.1 Å². The third-order valence-corrected chi connectivity index (χ3v) is 5.14. The highest BCUT2D eigenvalue weighted by molar-refractivity contribution is 5.93. The van der Waals surface area contributed by atoms with Gasteiger partial charge < -0.3 is 9.47 Å². The predicted molar refractivity (Wildman–Crippen MR) is 130 cm³/mol. The molecule has 0 bridgehead atoms. The molecule has 3 aromatic rings. The van der Waals surface area contributed by atoms with Crippen LogP contribution in [0, 0.1) is 27.7 Å². The predicted octanol–water partition coefficient (Wildman–Crippen LogP) is 4.63. The highest BCUT2D eigenvalue weighted by Crippen LogP contribution is 2.16. The van der Waals surface area contributed by atoms with Gasteiger partial charge in [0.15, 0.2) is 0 Å². The Hall–Kier alpha value is -4.20. The number of para-hydroxylation sites is 4. The lowest BCUT2D eigenvalue weighted by molar-refractivity contribution is 0.0589. The summed E-state index contributed by atoms with van der Waals surface area (Å²) >= 11 is 0. The number of aromatic nitrogens is 4. The lowest BCUT2D eigenvalue weighted by atomic mass is 10.1. The third-order valence-electron chi connectivity index (χ3n) is 5.14. The van der Waals surface area contributed by atoms with Crippen LogP contribution in [-0.2, 0) is 9.47 Å². The molecule has 0 aliphatic heterocycles. The smallest absolute Gasteiger partial charge is 0.341 e. The summed E-state index contributed by atoms with van der Waals surface area (Å²) in [6, 6.07) is 14.4. The summed E-state index contributed by atoms with van der Waals surface area (Å²) in [5, 5.41) is 0. The van der Waals surface area contributed by atoms with Gasteiger partial charge in [0.2, 0.25) is 0 Å². The average Bonchev–Trinajstić information content (AvgIpc) is 2.81. The van der Waals surface area contributed by atoms with Crippen LogP contribution in [-0.4, -0.2) is 46.1 Å². The molecule has 0 aliphatic rings. The second-order valence-corrected chi connectivity index (χ2v) is 7.50. The Labute approximate surface area is 197 Å². The molecule has 34 heavy (non-hydrogen) atoms. The van der Waals surface area contributed by atoms with Gasteiger partial charge in [-0.3, -0.25) is 19.9 Å². The minimum atomic E-state index is -0.551. The largest absolute Gasteiger partial charge is 0.465 e. The first-order valence-corrected chi connectivity index (χ1v) is 10.6. The Morgan fingerprint density at radius 1 is 0.529 bits per heavy atom. The number of nitrogens with zero attached hydrogens (tertiary/aromatic N) is 4.